The Hall–Kier alpha value is -2.04. The van der Waals surface area contributed by atoms with E-state index in [0.717, 1.165) is 5.56 Å². The van der Waals surface area contributed by atoms with E-state index in [4.69, 9.17) is 9.84 Å². The van der Waals surface area contributed by atoms with Crippen LogP contribution in [0.2, 0.25) is 0 Å². The number of hydrogen-bond acceptors (Lipinski definition) is 3. The monoisotopic (exact) mass is 265 g/mol. The van der Waals surface area contributed by atoms with Gasteiger partial charge in [-0.2, -0.15) is 0 Å². The molecule has 2 N–H and O–H groups in total. The molecular weight excluding hydrogens is 246 g/mol. The standard InChI is InChI=1S/C14H19NO4/c1-14(2,3)19-13(18)15-9-8-10-4-6-11(7-5-10)12(16)17/h4-7H,8-9H2,1-3H3,(H,15,18)(H,16,17). The third-order valence-electron chi connectivity index (χ3n) is 2.28. The van der Waals surface area contributed by atoms with Crippen molar-refractivity contribution >= 4 is 12.1 Å². The van der Waals surface area contributed by atoms with Crippen molar-refractivity contribution in [3.63, 3.8) is 0 Å². The van der Waals surface area contributed by atoms with E-state index in [1.807, 2.05) is 0 Å². The predicted molar refractivity (Wildman–Crippen MR) is 71.3 cm³/mol. The molecule has 0 saturated carbocycles. The number of carbonyl (C=O) groups is 2. The molecule has 5 nitrogen and oxygen atoms in total. The van der Waals surface area contributed by atoms with Crippen molar-refractivity contribution in [2.45, 2.75) is 32.8 Å². The maximum Gasteiger partial charge on any atom is 0.407 e. The van der Waals surface area contributed by atoms with Crippen molar-refractivity contribution in [1.29, 1.82) is 0 Å². The molecule has 0 radical (unpaired) electrons. The number of rotatable bonds is 4. The maximum absolute atomic E-state index is 11.4. The molecule has 19 heavy (non-hydrogen) atoms. The van der Waals surface area contributed by atoms with Gasteiger partial charge in [0, 0.05) is 6.54 Å². The Morgan fingerprint density at radius 3 is 2.26 bits per heavy atom. The lowest BCUT2D eigenvalue weighted by Gasteiger charge is -2.19. The summed E-state index contributed by atoms with van der Waals surface area (Å²) in [5.41, 5.74) is 0.706. The van der Waals surface area contributed by atoms with Crippen LogP contribution in [-0.4, -0.2) is 29.3 Å². The number of hydrogen-bond donors (Lipinski definition) is 2. The fourth-order valence-corrected chi connectivity index (χ4v) is 1.44. The minimum absolute atomic E-state index is 0.254. The topological polar surface area (TPSA) is 75.6 Å². The predicted octanol–water partition coefficient (Wildman–Crippen LogP) is 2.45. The Bertz CT molecular complexity index is 446. The summed E-state index contributed by atoms with van der Waals surface area (Å²) in [6, 6.07) is 6.57. The molecule has 1 aromatic rings. The molecule has 0 unspecified atom stereocenters. The van der Waals surface area contributed by atoms with E-state index < -0.39 is 17.7 Å². The van der Waals surface area contributed by atoms with Gasteiger partial charge in [0.15, 0.2) is 0 Å². The molecule has 104 valence electrons. The summed E-state index contributed by atoms with van der Waals surface area (Å²) < 4.78 is 5.10. The highest BCUT2D eigenvalue weighted by atomic mass is 16.6. The molecule has 1 rings (SSSR count). The average molecular weight is 265 g/mol. The van der Waals surface area contributed by atoms with Gasteiger partial charge in [0.2, 0.25) is 0 Å². The normalized spacial score (nSPS) is 10.9. The van der Waals surface area contributed by atoms with E-state index in [9.17, 15) is 9.59 Å². The minimum atomic E-state index is -0.946. The highest BCUT2D eigenvalue weighted by Gasteiger charge is 2.15. The number of nitrogens with one attached hydrogen (secondary N) is 1. The minimum Gasteiger partial charge on any atom is -0.478 e. The first-order chi connectivity index (χ1) is 8.78. The van der Waals surface area contributed by atoms with Crippen LogP contribution < -0.4 is 5.32 Å². The van der Waals surface area contributed by atoms with E-state index in [0.29, 0.717) is 13.0 Å². The zero-order chi connectivity index (χ0) is 14.5. The first-order valence-electron chi connectivity index (χ1n) is 6.07. The summed E-state index contributed by atoms with van der Waals surface area (Å²) >= 11 is 0. The van der Waals surface area contributed by atoms with Crippen LogP contribution in [0.4, 0.5) is 4.79 Å². The van der Waals surface area contributed by atoms with Gasteiger partial charge in [-0.1, -0.05) is 12.1 Å². The molecule has 0 aromatic heterocycles. The number of aromatic carboxylic acids is 1. The second-order valence-corrected chi connectivity index (χ2v) is 5.18. The SMILES string of the molecule is CC(C)(C)OC(=O)NCCc1ccc(C(=O)O)cc1. The van der Waals surface area contributed by atoms with Crippen molar-refractivity contribution in [2.24, 2.45) is 0 Å². The zero-order valence-electron chi connectivity index (χ0n) is 11.4. The van der Waals surface area contributed by atoms with Gasteiger partial charge in [-0.05, 0) is 44.9 Å². The molecule has 1 amide bonds. The summed E-state index contributed by atoms with van der Waals surface area (Å²) in [5, 5.41) is 11.4. The van der Waals surface area contributed by atoms with Gasteiger partial charge in [-0.25, -0.2) is 9.59 Å². The zero-order valence-corrected chi connectivity index (χ0v) is 11.4. The van der Waals surface area contributed by atoms with Gasteiger partial charge in [-0.3, -0.25) is 0 Å². The Morgan fingerprint density at radius 2 is 1.79 bits per heavy atom. The van der Waals surface area contributed by atoms with Gasteiger partial charge < -0.3 is 15.2 Å². The quantitative estimate of drug-likeness (QED) is 0.876. The average Bonchev–Trinajstić information content (AvgIpc) is 2.27. The van der Waals surface area contributed by atoms with E-state index in [-0.39, 0.29) is 5.56 Å². The van der Waals surface area contributed by atoms with Gasteiger partial charge in [0.05, 0.1) is 5.56 Å². The number of carboxylic acids is 1. The van der Waals surface area contributed by atoms with Crippen LogP contribution in [-0.2, 0) is 11.2 Å². The lowest BCUT2D eigenvalue weighted by Crippen LogP contribution is -2.33. The van der Waals surface area contributed by atoms with E-state index in [1.165, 1.54) is 0 Å². The third-order valence-corrected chi connectivity index (χ3v) is 2.28. The molecule has 0 fully saturated rings. The second-order valence-electron chi connectivity index (χ2n) is 5.18. The lowest BCUT2D eigenvalue weighted by atomic mass is 10.1. The number of carboxylic acid groups (broad SMARTS) is 1. The van der Waals surface area contributed by atoms with Crippen LogP contribution in [0.1, 0.15) is 36.7 Å². The molecule has 0 aliphatic rings. The number of carbonyl (C=O) groups excluding carboxylic acids is 1. The summed E-state index contributed by atoms with van der Waals surface area (Å²) in [6.45, 7) is 5.85. The third kappa shape index (κ3) is 5.90. The number of alkyl carbamates (subject to hydrolysis) is 1. The Morgan fingerprint density at radius 1 is 1.21 bits per heavy atom. The maximum atomic E-state index is 11.4. The molecule has 0 aliphatic heterocycles. The summed E-state index contributed by atoms with van der Waals surface area (Å²) in [6.07, 6.45) is 0.175. The lowest BCUT2D eigenvalue weighted by molar-refractivity contribution is 0.0528. The molecule has 0 saturated heterocycles. The van der Waals surface area contributed by atoms with Crippen molar-refractivity contribution in [3.05, 3.63) is 35.4 Å². The molecular formula is C14H19NO4. The Labute approximate surface area is 112 Å². The molecule has 0 heterocycles. The van der Waals surface area contributed by atoms with Crippen molar-refractivity contribution < 1.29 is 19.4 Å². The van der Waals surface area contributed by atoms with Gasteiger partial charge in [0.1, 0.15) is 5.60 Å². The van der Waals surface area contributed by atoms with Crippen LogP contribution >= 0.6 is 0 Å². The first kappa shape index (κ1) is 15.0. The number of ether oxygens (including phenoxy) is 1. The van der Waals surface area contributed by atoms with Crippen LogP contribution in [0.3, 0.4) is 0 Å². The number of benzene rings is 1. The Balaban J connectivity index is 2.37. The fourth-order valence-electron chi connectivity index (χ4n) is 1.44. The van der Waals surface area contributed by atoms with Gasteiger partial charge >= 0.3 is 12.1 Å². The van der Waals surface area contributed by atoms with Crippen molar-refractivity contribution in [3.8, 4) is 0 Å². The van der Waals surface area contributed by atoms with Crippen LogP contribution in [0.15, 0.2) is 24.3 Å². The van der Waals surface area contributed by atoms with E-state index >= 15 is 0 Å². The Kier molecular flexibility index (Phi) is 4.92. The highest BCUT2D eigenvalue weighted by Crippen LogP contribution is 2.07. The van der Waals surface area contributed by atoms with Crippen molar-refractivity contribution in [2.75, 3.05) is 6.54 Å². The van der Waals surface area contributed by atoms with Gasteiger partial charge in [0.25, 0.3) is 0 Å². The van der Waals surface area contributed by atoms with Crippen LogP contribution in [0.25, 0.3) is 0 Å². The number of amides is 1. The molecule has 0 aliphatic carbocycles. The molecule has 0 spiro atoms. The summed E-state index contributed by atoms with van der Waals surface area (Å²) in [4.78, 5) is 22.1. The van der Waals surface area contributed by atoms with Crippen LogP contribution in [0.5, 0.6) is 0 Å². The van der Waals surface area contributed by atoms with Crippen LogP contribution in [0, 0.1) is 0 Å². The fraction of sp³-hybridized carbons (Fsp3) is 0.429. The molecule has 5 heteroatoms. The van der Waals surface area contributed by atoms with Crippen molar-refractivity contribution in [1.82, 2.24) is 5.32 Å². The molecule has 0 atom stereocenters. The second kappa shape index (κ2) is 6.22. The molecule has 0 bridgehead atoms. The first-order valence-corrected chi connectivity index (χ1v) is 6.07. The highest BCUT2D eigenvalue weighted by molar-refractivity contribution is 5.87. The van der Waals surface area contributed by atoms with Gasteiger partial charge in [-0.15, -0.1) is 0 Å². The van der Waals surface area contributed by atoms with E-state index in [1.54, 1.807) is 45.0 Å². The summed E-state index contributed by atoms with van der Waals surface area (Å²) in [7, 11) is 0. The summed E-state index contributed by atoms with van der Waals surface area (Å²) in [5.74, 6) is -0.946. The smallest absolute Gasteiger partial charge is 0.407 e. The van der Waals surface area contributed by atoms with E-state index in [2.05, 4.69) is 5.32 Å². The largest absolute Gasteiger partial charge is 0.478 e. The molecule has 1 aromatic carbocycles.